The van der Waals surface area contributed by atoms with E-state index in [1.54, 1.807) is 0 Å². The van der Waals surface area contributed by atoms with E-state index in [0.717, 1.165) is 12.0 Å². The lowest BCUT2D eigenvalue weighted by Gasteiger charge is -2.47. The Bertz CT molecular complexity index is 303. The van der Waals surface area contributed by atoms with E-state index in [-0.39, 0.29) is 0 Å². The number of nitrogens with zero attached hydrogens (tertiary/aromatic N) is 3. The minimum atomic E-state index is 0.327. The fourth-order valence-electron chi connectivity index (χ4n) is 4.15. The maximum Gasteiger partial charge on any atom is 0.0126 e. The number of piperazine rings is 1. The Hall–Kier alpha value is -0.120. The van der Waals surface area contributed by atoms with Crippen molar-refractivity contribution >= 4 is 0 Å². The molecule has 0 N–H and O–H groups in total. The third-order valence-corrected chi connectivity index (χ3v) is 6.01. The van der Waals surface area contributed by atoms with Gasteiger partial charge in [-0.3, -0.25) is 14.7 Å². The van der Waals surface area contributed by atoms with Gasteiger partial charge in [-0.05, 0) is 80.3 Å². The van der Waals surface area contributed by atoms with Crippen molar-refractivity contribution in [3.05, 3.63) is 0 Å². The molecule has 1 atom stereocenters. The van der Waals surface area contributed by atoms with Crippen molar-refractivity contribution in [2.45, 2.75) is 78.4 Å². The van der Waals surface area contributed by atoms with Gasteiger partial charge in [0.1, 0.15) is 0 Å². The van der Waals surface area contributed by atoms with Crippen LogP contribution in [-0.4, -0.2) is 71.1 Å². The molecule has 0 spiro atoms. The summed E-state index contributed by atoms with van der Waals surface area (Å²) < 4.78 is 0. The van der Waals surface area contributed by atoms with Gasteiger partial charge in [-0.1, -0.05) is 0 Å². The van der Waals surface area contributed by atoms with Gasteiger partial charge in [-0.15, -0.1) is 0 Å². The summed E-state index contributed by atoms with van der Waals surface area (Å²) in [6, 6.07) is 0.754. The Morgan fingerprint density at radius 3 is 1.50 bits per heavy atom. The van der Waals surface area contributed by atoms with Gasteiger partial charge in [-0.25, -0.2) is 0 Å². The second-order valence-electron chi connectivity index (χ2n) is 9.43. The molecule has 2 aliphatic rings. The molecule has 2 saturated heterocycles. The monoisotopic (exact) mass is 309 g/mol. The first kappa shape index (κ1) is 18.2. The highest BCUT2D eigenvalue weighted by Crippen LogP contribution is 2.29. The van der Waals surface area contributed by atoms with Crippen molar-refractivity contribution in [3.63, 3.8) is 0 Å². The highest BCUT2D eigenvalue weighted by Gasteiger charge is 2.33. The second-order valence-corrected chi connectivity index (χ2v) is 9.43. The molecule has 0 bridgehead atoms. The molecule has 0 aliphatic carbocycles. The summed E-state index contributed by atoms with van der Waals surface area (Å²) >= 11 is 0. The van der Waals surface area contributed by atoms with Crippen LogP contribution in [0.1, 0.15) is 61.3 Å². The summed E-state index contributed by atoms with van der Waals surface area (Å²) in [5, 5.41) is 0. The third-order valence-electron chi connectivity index (χ3n) is 6.01. The number of piperidine rings is 1. The maximum absolute atomic E-state index is 2.75. The average molecular weight is 310 g/mol. The molecule has 3 heteroatoms. The van der Waals surface area contributed by atoms with Crippen LogP contribution in [-0.2, 0) is 0 Å². The zero-order chi connectivity index (χ0) is 16.5. The highest BCUT2D eigenvalue weighted by atomic mass is 15.3. The quantitative estimate of drug-likeness (QED) is 0.775. The van der Waals surface area contributed by atoms with Gasteiger partial charge >= 0.3 is 0 Å². The summed E-state index contributed by atoms with van der Waals surface area (Å²) in [5.41, 5.74) is 0.667. The standard InChI is InChI=1S/C19H39N3/c1-16(17-8-10-21(11-9-17)18(2,3)4)20-12-14-22(15-13-20)19(5,6)7/h16-17H,8-15H2,1-7H3. The molecule has 0 amide bonds. The zero-order valence-corrected chi connectivity index (χ0v) is 16.2. The molecule has 2 rings (SSSR count). The van der Waals surface area contributed by atoms with Gasteiger partial charge in [0.2, 0.25) is 0 Å². The van der Waals surface area contributed by atoms with E-state index < -0.39 is 0 Å². The van der Waals surface area contributed by atoms with Crippen LogP contribution in [0.3, 0.4) is 0 Å². The number of rotatable bonds is 2. The van der Waals surface area contributed by atoms with Gasteiger partial charge < -0.3 is 0 Å². The van der Waals surface area contributed by atoms with Crippen LogP contribution in [0.4, 0.5) is 0 Å². The lowest BCUT2D eigenvalue weighted by Crippen LogP contribution is -2.57. The van der Waals surface area contributed by atoms with Crippen LogP contribution in [0.25, 0.3) is 0 Å². The number of likely N-dealkylation sites (tertiary alicyclic amines) is 1. The molecular weight excluding hydrogens is 270 g/mol. The Balaban J connectivity index is 1.81. The first-order valence-corrected chi connectivity index (χ1v) is 9.33. The van der Waals surface area contributed by atoms with E-state index in [1.807, 2.05) is 0 Å². The maximum atomic E-state index is 2.75. The van der Waals surface area contributed by atoms with E-state index in [0.29, 0.717) is 11.1 Å². The number of hydrogen-bond donors (Lipinski definition) is 0. The third kappa shape index (κ3) is 4.46. The average Bonchev–Trinajstić information content (AvgIpc) is 2.45. The highest BCUT2D eigenvalue weighted by molar-refractivity contribution is 4.89. The lowest BCUT2D eigenvalue weighted by atomic mass is 9.87. The van der Waals surface area contributed by atoms with E-state index in [2.05, 4.69) is 63.2 Å². The first-order valence-electron chi connectivity index (χ1n) is 9.33. The first-order chi connectivity index (χ1) is 10.1. The van der Waals surface area contributed by atoms with Crippen molar-refractivity contribution < 1.29 is 0 Å². The minimum absolute atomic E-state index is 0.327. The lowest BCUT2D eigenvalue weighted by molar-refractivity contribution is 0.0112. The van der Waals surface area contributed by atoms with Gasteiger partial charge in [0.05, 0.1) is 0 Å². The Kier molecular flexibility index (Phi) is 5.62. The van der Waals surface area contributed by atoms with Crippen molar-refractivity contribution in [2.24, 2.45) is 5.92 Å². The van der Waals surface area contributed by atoms with Crippen LogP contribution >= 0.6 is 0 Å². The fourth-order valence-corrected chi connectivity index (χ4v) is 4.15. The Labute approximate surface area is 139 Å². The summed E-state index contributed by atoms with van der Waals surface area (Å²) in [6.07, 6.45) is 2.75. The molecule has 130 valence electrons. The van der Waals surface area contributed by atoms with Crippen molar-refractivity contribution in [3.8, 4) is 0 Å². The van der Waals surface area contributed by atoms with Crippen LogP contribution in [0.15, 0.2) is 0 Å². The molecule has 0 radical (unpaired) electrons. The normalized spacial score (nSPS) is 26.3. The zero-order valence-electron chi connectivity index (χ0n) is 16.2. The van der Waals surface area contributed by atoms with Gasteiger partial charge in [0.15, 0.2) is 0 Å². The molecular formula is C19H39N3. The SMILES string of the molecule is CC(C1CCN(C(C)(C)C)CC1)N1CCN(C(C)(C)C)CC1. The number of hydrogen-bond acceptors (Lipinski definition) is 3. The second kappa shape index (κ2) is 6.78. The van der Waals surface area contributed by atoms with E-state index >= 15 is 0 Å². The molecule has 3 nitrogen and oxygen atoms in total. The van der Waals surface area contributed by atoms with Crippen LogP contribution < -0.4 is 0 Å². The predicted octanol–water partition coefficient (Wildman–Crippen LogP) is 3.30. The fraction of sp³-hybridized carbons (Fsp3) is 1.00. The molecule has 0 aromatic carbocycles. The van der Waals surface area contributed by atoms with Gasteiger partial charge in [-0.2, -0.15) is 0 Å². The van der Waals surface area contributed by atoms with Crippen LogP contribution in [0, 0.1) is 5.92 Å². The molecule has 1 unspecified atom stereocenters. The molecule has 0 saturated carbocycles. The molecule has 2 aliphatic heterocycles. The topological polar surface area (TPSA) is 9.72 Å². The molecule has 2 heterocycles. The van der Waals surface area contributed by atoms with Crippen LogP contribution in [0.5, 0.6) is 0 Å². The Morgan fingerprint density at radius 2 is 1.09 bits per heavy atom. The summed E-state index contributed by atoms with van der Waals surface area (Å²) in [5.74, 6) is 0.889. The predicted molar refractivity (Wildman–Crippen MR) is 96.4 cm³/mol. The Morgan fingerprint density at radius 1 is 0.682 bits per heavy atom. The van der Waals surface area contributed by atoms with E-state index in [4.69, 9.17) is 0 Å². The molecule has 0 aromatic heterocycles. The van der Waals surface area contributed by atoms with Gasteiger partial charge in [0.25, 0.3) is 0 Å². The summed E-state index contributed by atoms with van der Waals surface area (Å²) in [4.78, 5) is 8.05. The molecule has 2 fully saturated rings. The minimum Gasteiger partial charge on any atom is -0.298 e. The van der Waals surface area contributed by atoms with E-state index in [1.165, 1.54) is 52.1 Å². The summed E-state index contributed by atoms with van der Waals surface area (Å²) in [7, 11) is 0. The van der Waals surface area contributed by atoms with Crippen LogP contribution in [0.2, 0.25) is 0 Å². The van der Waals surface area contributed by atoms with Crippen molar-refractivity contribution in [1.29, 1.82) is 0 Å². The largest absolute Gasteiger partial charge is 0.298 e. The van der Waals surface area contributed by atoms with Gasteiger partial charge in [0, 0.05) is 43.3 Å². The molecule has 0 aromatic rings. The summed E-state index contributed by atoms with van der Waals surface area (Å²) in [6.45, 7) is 24.1. The van der Waals surface area contributed by atoms with Crippen molar-refractivity contribution in [1.82, 2.24) is 14.7 Å². The van der Waals surface area contributed by atoms with Crippen molar-refractivity contribution in [2.75, 3.05) is 39.3 Å². The molecule has 22 heavy (non-hydrogen) atoms. The smallest absolute Gasteiger partial charge is 0.0126 e. The van der Waals surface area contributed by atoms with E-state index in [9.17, 15) is 0 Å².